The Hall–Kier alpha value is -3.08. The minimum Gasteiger partial charge on any atom is -0.378 e. The number of nitrogens with zero attached hydrogens (tertiary/aromatic N) is 2. The van der Waals surface area contributed by atoms with Crippen molar-refractivity contribution in [2.75, 3.05) is 30.9 Å². The van der Waals surface area contributed by atoms with E-state index in [0.29, 0.717) is 17.8 Å². The number of hydrogen-bond donors (Lipinski definition) is 1. The van der Waals surface area contributed by atoms with E-state index in [9.17, 15) is 9.59 Å². The van der Waals surface area contributed by atoms with Crippen molar-refractivity contribution in [2.45, 2.75) is 13.3 Å². The third-order valence-corrected chi connectivity index (χ3v) is 4.33. The Balaban J connectivity index is 1.99. The van der Waals surface area contributed by atoms with Crippen molar-refractivity contribution in [1.82, 2.24) is 4.90 Å². The number of hydrogen-bond acceptors (Lipinski definition) is 4. The molecular weight excluding hydrogens is 326 g/mol. The minimum atomic E-state index is -0.271. The van der Waals surface area contributed by atoms with Crippen molar-refractivity contribution in [3.05, 3.63) is 65.9 Å². The van der Waals surface area contributed by atoms with E-state index in [-0.39, 0.29) is 11.8 Å². The summed E-state index contributed by atoms with van der Waals surface area (Å²) < 4.78 is 0. The van der Waals surface area contributed by atoms with Crippen LogP contribution >= 0.6 is 0 Å². The molecule has 5 nitrogen and oxygen atoms in total. The van der Waals surface area contributed by atoms with Crippen molar-refractivity contribution in [3.63, 3.8) is 0 Å². The Morgan fingerprint density at radius 3 is 2.15 bits per heavy atom. The largest absolute Gasteiger partial charge is 0.378 e. The quantitative estimate of drug-likeness (QED) is 0.813. The zero-order chi connectivity index (χ0) is 18.7. The van der Waals surface area contributed by atoms with Gasteiger partial charge in [-0.15, -0.1) is 0 Å². The summed E-state index contributed by atoms with van der Waals surface area (Å²) in [5, 5.41) is 3.17. The summed E-state index contributed by atoms with van der Waals surface area (Å²) in [6.07, 6.45) is 0.727. The Labute approximate surface area is 153 Å². The van der Waals surface area contributed by atoms with E-state index in [0.717, 1.165) is 23.4 Å². The highest BCUT2D eigenvalue weighted by Gasteiger charge is 2.38. The molecule has 2 amide bonds. The van der Waals surface area contributed by atoms with Gasteiger partial charge in [0.1, 0.15) is 5.70 Å². The van der Waals surface area contributed by atoms with Crippen LogP contribution in [0.4, 0.5) is 11.4 Å². The number of benzene rings is 2. The van der Waals surface area contributed by atoms with Crippen molar-refractivity contribution in [2.24, 2.45) is 0 Å². The van der Waals surface area contributed by atoms with E-state index in [2.05, 4.69) is 5.32 Å². The predicted molar refractivity (Wildman–Crippen MR) is 105 cm³/mol. The van der Waals surface area contributed by atoms with Gasteiger partial charge in [0.15, 0.2) is 0 Å². The molecule has 0 fully saturated rings. The first kappa shape index (κ1) is 17.7. The van der Waals surface area contributed by atoms with Gasteiger partial charge in [-0.25, -0.2) is 0 Å². The number of nitrogens with one attached hydrogen (secondary N) is 1. The van der Waals surface area contributed by atoms with E-state index >= 15 is 0 Å². The molecule has 0 aromatic heterocycles. The third kappa shape index (κ3) is 3.33. The predicted octanol–water partition coefficient (Wildman–Crippen LogP) is 3.35. The van der Waals surface area contributed by atoms with Crippen LogP contribution in [0.1, 0.15) is 18.9 Å². The Morgan fingerprint density at radius 1 is 0.923 bits per heavy atom. The molecule has 2 aromatic rings. The summed E-state index contributed by atoms with van der Waals surface area (Å²) in [5.74, 6) is -0.511. The monoisotopic (exact) mass is 349 g/mol. The molecule has 3 rings (SSSR count). The summed E-state index contributed by atoms with van der Waals surface area (Å²) in [4.78, 5) is 29.0. The van der Waals surface area contributed by atoms with Gasteiger partial charge >= 0.3 is 0 Å². The van der Waals surface area contributed by atoms with Crippen molar-refractivity contribution in [3.8, 4) is 0 Å². The molecule has 1 aliphatic heterocycles. The third-order valence-electron chi connectivity index (χ3n) is 4.33. The highest BCUT2D eigenvalue weighted by molar-refractivity contribution is 6.36. The van der Waals surface area contributed by atoms with Crippen LogP contribution < -0.4 is 10.2 Å². The van der Waals surface area contributed by atoms with Crippen molar-refractivity contribution >= 4 is 28.8 Å². The van der Waals surface area contributed by atoms with Gasteiger partial charge in [0.05, 0.1) is 5.57 Å². The highest BCUT2D eigenvalue weighted by Crippen LogP contribution is 2.30. The lowest BCUT2D eigenvalue weighted by atomic mass is 10.0. The molecular formula is C21H23N3O2. The zero-order valence-corrected chi connectivity index (χ0v) is 15.3. The summed E-state index contributed by atoms with van der Waals surface area (Å²) in [6, 6.07) is 17.1. The fourth-order valence-corrected chi connectivity index (χ4v) is 2.98. The normalized spacial score (nSPS) is 14.2. The molecule has 134 valence electrons. The van der Waals surface area contributed by atoms with E-state index in [1.165, 1.54) is 4.90 Å². The van der Waals surface area contributed by atoms with E-state index in [1.54, 1.807) is 0 Å². The molecule has 0 radical (unpaired) electrons. The molecule has 0 saturated heterocycles. The number of carbonyl (C=O) groups excluding carboxylic acids is 2. The molecule has 0 aliphatic carbocycles. The maximum Gasteiger partial charge on any atom is 0.278 e. The van der Waals surface area contributed by atoms with Crippen LogP contribution in [0.15, 0.2) is 60.3 Å². The number of amides is 2. The second kappa shape index (κ2) is 7.44. The van der Waals surface area contributed by atoms with Crippen LogP contribution in [0.5, 0.6) is 0 Å². The standard InChI is InChI=1S/C21H23N3O2/c1-4-14-24-20(25)18(15-8-6-5-7-9-15)19(21(24)26)22-16-10-12-17(13-11-16)23(2)3/h5-13,22H,4,14H2,1-3H3. The Kier molecular flexibility index (Phi) is 5.07. The van der Waals surface area contributed by atoms with Crippen molar-refractivity contribution in [1.29, 1.82) is 0 Å². The molecule has 5 heteroatoms. The molecule has 0 atom stereocenters. The molecule has 1 heterocycles. The molecule has 2 aromatic carbocycles. The lowest BCUT2D eigenvalue weighted by Gasteiger charge is -2.15. The van der Waals surface area contributed by atoms with Gasteiger partial charge in [0.25, 0.3) is 11.8 Å². The van der Waals surface area contributed by atoms with E-state index < -0.39 is 0 Å². The highest BCUT2D eigenvalue weighted by atomic mass is 16.2. The van der Waals surface area contributed by atoms with Gasteiger partial charge in [-0.3, -0.25) is 14.5 Å². The number of imide groups is 1. The first-order chi connectivity index (χ1) is 12.5. The molecule has 0 saturated carbocycles. The second-order valence-electron chi connectivity index (χ2n) is 6.44. The average Bonchev–Trinajstić information content (AvgIpc) is 2.87. The summed E-state index contributed by atoms with van der Waals surface area (Å²) in [5.41, 5.74) is 3.36. The first-order valence-corrected chi connectivity index (χ1v) is 8.73. The van der Waals surface area contributed by atoms with Gasteiger partial charge in [0.2, 0.25) is 0 Å². The summed E-state index contributed by atoms with van der Waals surface area (Å²) in [7, 11) is 3.94. The van der Waals surface area contributed by atoms with Gasteiger partial charge in [-0.2, -0.15) is 0 Å². The number of rotatable bonds is 6. The minimum absolute atomic E-state index is 0.240. The lowest BCUT2D eigenvalue weighted by Crippen LogP contribution is -2.33. The SMILES string of the molecule is CCCN1C(=O)C(Nc2ccc(N(C)C)cc2)=C(c2ccccc2)C1=O. The van der Waals surface area contributed by atoms with Crippen LogP contribution in [0.3, 0.4) is 0 Å². The lowest BCUT2D eigenvalue weighted by molar-refractivity contribution is -0.136. The van der Waals surface area contributed by atoms with Gasteiger partial charge in [0, 0.05) is 32.0 Å². The fourth-order valence-electron chi connectivity index (χ4n) is 2.98. The average molecular weight is 349 g/mol. The molecule has 0 spiro atoms. The maximum atomic E-state index is 12.9. The molecule has 0 bridgehead atoms. The van der Waals surface area contributed by atoms with Crippen molar-refractivity contribution < 1.29 is 9.59 Å². The molecule has 0 unspecified atom stereocenters. The van der Waals surface area contributed by atoms with E-state index in [4.69, 9.17) is 0 Å². The maximum absolute atomic E-state index is 12.9. The van der Waals surface area contributed by atoms with Crippen LogP contribution in [0.25, 0.3) is 5.57 Å². The van der Waals surface area contributed by atoms with Crippen LogP contribution in [0.2, 0.25) is 0 Å². The smallest absolute Gasteiger partial charge is 0.278 e. The Bertz CT molecular complexity index is 839. The molecule has 1 N–H and O–H groups in total. The second-order valence-corrected chi connectivity index (χ2v) is 6.44. The first-order valence-electron chi connectivity index (χ1n) is 8.73. The zero-order valence-electron chi connectivity index (χ0n) is 15.3. The summed E-state index contributed by atoms with van der Waals surface area (Å²) >= 11 is 0. The molecule has 1 aliphatic rings. The van der Waals surface area contributed by atoms with Crippen LogP contribution in [0, 0.1) is 0 Å². The van der Waals surface area contributed by atoms with E-state index in [1.807, 2.05) is 80.5 Å². The Morgan fingerprint density at radius 2 is 1.58 bits per heavy atom. The summed E-state index contributed by atoms with van der Waals surface area (Å²) in [6.45, 7) is 2.37. The van der Waals surface area contributed by atoms with Crippen LogP contribution in [-0.2, 0) is 9.59 Å². The number of carbonyl (C=O) groups is 2. The van der Waals surface area contributed by atoms with Gasteiger partial charge in [-0.05, 0) is 36.2 Å². The topological polar surface area (TPSA) is 52.7 Å². The van der Waals surface area contributed by atoms with Gasteiger partial charge < -0.3 is 10.2 Å². The fraction of sp³-hybridized carbons (Fsp3) is 0.238. The number of anilines is 2. The van der Waals surface area contributed by atoms with Gasteiger partial charge in [-0.1, -0.05) is 37.3 Å². The van der Waals surface area contributed by atoms with Crippen LogP contribution in [-0.4, -0.2) is 37.4 Å². The molecule has 26 heavy (non-hydrogen) atoms.